The molecule has 1 amide bonds. The molecule has 1 heterocycles. The Balaban J connectivity index is 2.50. The molecule has 1 atom stereocenters. The number of hydrogen-bond acceptors (Lipinski definition) is 5. The summed E-state index contributed by atoms with van der Waals surface area (Å²) in [6.45, 7) is 3.34. The molecular formula is C12H19N3O3. The summed E-state index contributed by atoms with van der Waals surface area (Å²) >= 11 is 0. The van der Waals surface area contributed by atoms with Gasteiger partial charge in [0.1, 0.15) is 0 Å². The van der Waals surface area contributed by atoms with Crippen molar-refractivity contribution >= 4 is 11.7 Å². The minimum Gasteiger partial charge on any atom is -0.394 e. The van der Waals surface area contributed by atoms with E-state index in [-0.39, 0.29) is 18.4 Å². The van der Waals surface area contributed by atoms with Crippen LogP contribution in [-0.2, 0) is 11.2 Å². The molecule has 0 unspecified atom stereocenters. The van der Waals surface area contributed by atoms with Crippen LogP contribution in [0, 0.1) is 5.92 Å². The summed E-state index contributed by atoms with van der Waals surface area (Å²) in [5, 5.41) is 20.5. The van der Waals surface area contributed by atoms with Gasteiger partial charge < -0.3 is 15.5 Å². The van der Waals surface area contributed by atoms with Crippen molar-refractivity contribution in [1.82, 2.24) is 9.97 Å². The molecule has 0 fully saturated rings. The first-order valence-corrected chi connectivity index (χ1v) is 5.93. The average molecular weight is 253 g/mol. The summed E-state index contributed by atoms with van der Waals surface area (Å²) in [6.07, 6.45) is 3.28. The second kappa shape index (κ2) is 7.03. The first kappa shape index (κ1) is 14.5. The van der Waals surface area contributed by atoms with E-state index in [0.717, 1.165) is 0 Å². The van der Waals surface area contributed by atoms with E-state index in [9.17, 15) is 9.90 Å². The summed E-state index contributed by atoms with van der Waals surface area (Å²) < 4.78 is 0. The summed E-state index contributed by atoms with van der Waals surface area (Å²) in [4.78, 5) is 19.6. The van der Waals surface area contributed by atoms with E-state index in [0.29, 0.717) is 24.4 Å². The molecule has 0 saturated carbocycles. The fourth-order valence-corrected chi connectivity index (χ4v) is 1.22. The fourth-order valence-electron chi connectivity index (χ4n) is 1.22. The van der Waals surface area contributed by atoms with Gasteiger partial charge in [-0.15, -0.1) is 0 Å². The van der Waals surface area contributed by atoms with Crippen molar-refractivity contribution in [3.8, 4) is 0 Å². The molecule has 0 radical (unpaired) electrons. The Kier molecular flexibility index (Phi) is 5.67. The molecule has 0 aromatic carbocycles. The number of aliphatic hydroxyl groups excluding tert-OH is 2. The molecule has 3 N–H and O–H groups in total. The highest BCUT2D eigenvalue weighted by Gasteiger charge is 2.08. The van der Waals surface area contributed by atoms with Gasteiger partial charge in [-0.05, 0) is 12.8 Å². The molecule has 1 aromatic rings. The van der Waals surface area contributed by atoms with Gasteiger partial charge in [-0.25, -0.2) is 4.98 Å². The second-order valence-electron chi connectivity index (χ2n) is 4.41. The van der Waals surface area contributed by atoms with E-state index in [2.05, 4.69) is 15.3 Å². The van der Waals surface area contributed by atoms with Crippen molar-refractivity contribution in [3.63, 3.8) is 0 Å². The van der Waals surface area contributed by atoms with Gasteiger partial charge in [0.05, 0.1) is 30.8 Å². The highest BCUT2D eigenvalue weighted by Crippen LogP contribution is 2.06. The minimum absolute atomic E-state index is 0.104. The zero-order chi connectivity index (χ0) is 13.5. The van der Waals surface area contributed by atoms with Crippen LogP contribution in [0.3, 0.4) is 0 Å². The van der Waals surface area contributed by atoms with E-state index in [1.807, 2.05) is 0 Å². The van der Waals surface area contributed by atoms with Gasteiger partial charge in [-0.3, -0.25) is 9.78 Å². The molecule has 6 heteroatoms. The van der Waals surface area contributed by atoms with Crippen LogP contribution >= 0.6 is 0 Å². The Hall–Kier alpha value is -1.53. The lowest BCUT2D eigenvalue weighted by Gasteiger charge is -2.08. The number of aliphatic hydroxyl groups is 2. The Morgan fingerprint density at radius 1 is 1.39 bits per heavy atom. The quantitative estimate of drug-likeness (QED) is 0.680. The van der Waals surface area contributed by atoms with E-state index >= 15 is 0 Å². The number of nitrogens with zero attached hydrogens (tertiary/aromatic N) is 2. The monoisotopic (exact) mass is 253 g/mol. The van der Waals surface area contributed by atoms with E-state index in [1.54, 1.807) is 20.0 Å². The SMILES string of the molecule is CC(C)C(=O)Nc1cnc(CC[C@@H](O)CO)cn1. The molecular weight excluding hydrogens is 234 g/mol. The largest absolute Gasteiger partial charge is 0.394 e. The van der Waals surface area contributed by atoms with Crippen LogP contribution < -0.4 is 5.32 Å². The zero-order valence-corrected chi connectivity index (χ0v) is 10.6. The maximum atomic E-state index is 11.4. The van der Waals surface area contributed by atoms with Gasteiger partial charge in [-0.2, -0.15) is 0 Å². The summed E-state index contributed by atoms with van der Waals surface area (Å²) in [6, 6.07) is 0. The standard InChI is InChI=1S/C12H19N3O3/c1-8(2)12(18)15-11-6-13-9(5-14-11)3-4-10(17)7-16/h5-6,8,10,16-17H,3-4,7H2,1-2H3,(H,14,15,18)/t10-/m1/s1. The van der Waals surface area contributed by atoms with E-state index in [4.69, 9.17) is 5.11 Å². The lowest BCUT2D eigenvalue weighted by atomic mass is 10.2. The van der Waals surface area contributed by atoms with Crippen LogP contribution in [0.25, 0.3) is 0 Å². The molecule has 0 aliphatic carbocycles. The van der Waals surface area contributed by atoms with Crippen LogP contribution in [0.4, 0.5) is 5.82 Å². The molecule has 0 bridgehead atoms. The highest BCUT2D eigenvalue weighted by molar-refractivity contribution is 5.90. The average Bonchev–Trinajstić information content (AvgIpc) is 2.37. The zero-order valence-electron chi connectivity index (χ0n) is 10.6. The molecule has 1 aromatic heterocycles. The van der Waals surface area contributed by atoms with Crippen molar-refractivity contribution in [2.75, 3.05) is 11.9 Å². The van der Waals surface area contributed by atoms with Crippen LogP contribution in [0.15, 0.2) is 12.4 Å². The normalized spacial score (nSPS) is 12.5. The predicted octanol–water partition coefficient (Wildman–Crippen LogP) is 0.357. The van der Waals surface area contributed by atoms with Gasteiger partial charge >= 0.3 is 0 Å². The minimum atomic E-state index is -0.730. The smallest absolute Gasteiger partial charge is 0.228 e. The third-order valence-electron chi connectivity index (χ3n) is 2.43. The van der Waals surface area contributed by atoms with Crippen molar-refractivity contribution in [3.05, 3.63) is 18.1 Å². The van der Waals surface area contributed by atoms with Crippen LogP contribution in [-0.4, -0.2) is 38.8 Å². The van der Waals surface area contributed by atoms with Crippen LogP contribution in [0.5, 0.6) is 0 Å². The molecule has 0 aliphatic heterocycles. The Morgan fingerprint density at radius 2 is 2.11 bits per heavy atom. The molecule has 0 spiro atoms. The maximum absolute atomic E-state index is 11.4. The number of hydrogen-bond donors (Lipinski definition) is 3. The fraction of sp³-hybridized carbons (Fsp3) is 0.583. The third-order valence-corrected chi connectivity index (χ3v) is 2.43. The summed E-state index contributed by atoms with van der Waals surface area (Å²) in [7, 11) is 0. The second-order valence-corrected chi connectivity index (χ2v) is 4.41. The van der Waals surface area contributed by atoms with Crippen molar-refractivity contribution < 1.29 is 15.0 Å². The number of amides is 1. The maximum Gasteiger partial charge on any atom is 0.228 e. The highest BCUT2D eigenvalue weighted by atomic mass is 16.3. The predicted molar refractivity (Wildman–Crippen MR) is 66.9 cm³/mol. The molecule has 1 rings (SSSR count). The molecule has 0 aliphatic rings. The Morgan fingerprint density at radius 3 is 2.61 bits per heavy atom. The third kappa shape index (κ3) is 4.77. The van der Waals surface area contributed by atoms with Gasteiger partial charge in [0.15, 0.2) is 5.82 Å². The molecule has 100 valence electrons. The molecule has 0 saturated heterocycles. The topological polar surface area (TPSA) is 95.3 Å². The lowest BCUT2D eigenvalue weighted by Crippen LogP contribution is -2.18. The number of aromatic nitrogens is 2. The van der Waals surface area contributed by atoms with Gasteiger partial charge in [0.25, 0.3) is 0 Å². The van der Waals surface area contributed by atoms with Crippen molar-refractivity contribution in [2.24, 2.45) is 5.92 Å². The lowest BCUT2D eigenvalue weighted by molar-refractivity contribution is -0.118. The Labute approximate surface area is 106 Å². The number of rotatable bonds is 6. The first-order valence-electron chi connectivity index (χ1n) is 5.93. The number of nitrogens with one attached hydrogen (secondary N) is 1. The number of carbonyl (C=O) groups is 1. The summed E-state index contributed by atoms with van der Waals surface area (Å²) in [5.74, 6) is 0.207. The van der Waals surface area contributed by atoms with Gasteiger partial charge in [0.2, 0.25) is 5.91 Å². The van der Waals surface area contributed by atoms with Crippen LogP contribution in [0.1, 0.15) is 26.0 Å². The molecule has 6 nitrogen and oxygen atoms in total. The van der Waals surface area contributed by atoms with E-state index < -0.39 is 6.10 Å². The van der Waals surface area contributed by atoms with Gasteiger partial charge in [-0.1, -0.05) is 13.8 Å². The number of aryl methyl sites for hydroxylation is 1. The van der Waals surface area contributed by atoms with Crippen molar-refractivity contribution in [1.29, 1.82) is 0 Å². The van der Waals surface area contributed by atoms with E-state index in [1.165, 1.54) is 6.20 Å². The number of carbonyl (C=O) groups excluding carboxylic acids is 1. The number of anilines is 1. The van der Waals surface area contributed by atoms with Gasteiger partial charge in [0, 0.05) is 5.92 Å². The first-order chi connectivity index (χ1) is 8.52. The van der Waals surface area contributed by atoms with Crippen molar-refractivity contribution in [2.45, 2.75) is 32.8 Å². The summed E-state index contributed by atoms with van der Waals surface area (Å²) in [5.41, 5.74) is 0.713. The van der Waals surface area contributed by atoms with Crippen LogP contribution in [0.2, 0.25) is 0 Å². The Bertz CT molecular complexity index is 379. The molecule has 18 heavy (non-hydrogen) atoms.